The monoisotopic (exact) mass is 298 g/mol. The Morgan fingerprint density at radius 2 is 2.29 bits per heavy atom. The van der Waals surface area contributed by atoms with E-state index in [9.17, 15) is 13.6 Å². The molecule has 2 aliphatic rings. The van der Waals surface area contributed by atoms with E-state index in [4.69, 9.17) is 0 Å². The van der Waals surface area contributed by atoms with E-state index >= 15 is 0 Å². The third-order valence-electron chi connectivity index (χ3n) is 4.06. The number of nitrogens with one attached hydrogen (secondary N) is 1. The van der Waals surface area contributed by atoms with Gasteiger partial charge >= 0.3 is 0 Å². The number of hydrogen-bond donors (Lipinski definition) is 1. The number of rotatable bonds is 5. The van der Waals surface area contributed by atoms with Crippen LogP contribution in [0.15, 0.2) is 12.3 Å². The first-order valence-corrected chi connectivity index (χ1v) is 7.50. The van der Waals surface area contributed by atoms with Crippen molar-refractivity contribution >= 4 is 5.91 Å². The Labute approximate surface area is 122 Å². The molecule has 21 heavy (non-hydrogen) atoms. The summed E-state index contributed by atoms with van der Waals surface area (Å²) in [6.07, 6.45) is 2.99. The highest BCUT2D eigenvalue weighted by atomic mass is 19.3. The minimum atomic E-state index is -2.50. The average molecular weight is 298 g/mol. The Kier molecular flexibility index (Phi) is 4.19. The van der Waals surface area contributed by atoms with Gasteiger partial charge in [-0.1, -0.05) is 0 Å². The second kappa shape index (κ2) is 6.09. The van der Waals surface area contributed by atoms with Crippen LogP contribution in [0.5, 0.6) is 0 Å². The second-order valence-corrected chi connectivity index (χ2v) is 5.76. The number of piperidine rings is 1. The highest BCUT2D eigenvalue weighted by Gasteiger charge is 2.35. The largest absolute Gasteiger partial charge is 0.329 e. The van der Waals surface area contributed by atoms with Gasteiger partial charge in [-0.2, -0.15) is 5.10 Å². The molecule has 1 aromatic rings. The molecule has 1 saturated heterocycles. The maximum Gasteiger partial charge on any atom is 0.274 e. The smallest absolute Gasteiger partial charge is 0.274 e. The lowest BCUT2D eigenvalue weighted by Gasteiger charge is -2.23. The number of aromatic nitrogens is 2. The van der Waals surface area contributed by atoms with Crippen molar-refractivity contribution in [3.05, 3.63) is 18.0 Å². The summed E-state index contributed by atoms with van der Waals surface area (Å²) < 4.78 is 27.0. The third-order valence-corrected chi connectivity index (χ3v) is 4.06. The van der Waals surface area contributed by atoms with E-state index in [1.54, 1.807) is 16.9 Å². The molecule has 116 valence electrons. The molecule has 1 amide bonds. The number of alkyl halides is 2. The van der Waals surface area contributed by atoms with Gasteiger partial charge in [-0.25, -0.2) is 8.78 Å². The maximum atomic E-state index is 12.6. The van der Waals surface area contributed by atoms with Crippen molar-refractivity contribution in [2.45, 2.75) is 44.2 Å². The Hall–Kier alpha value is -1.50. The van der Waals surface area contributed by atoms with Gasteiger partial charge in [0.15, 0.2) is 0 Å². The van der Waals surface area contributed by atoms with E-state index in [0.29, 0.717) is 0 Å². The molecule has 2 heterocycles. The molecule has 7 heteroatoms. The SMILES string of the molecule is O=C(c1ccn(C2CCCNC2)n1)N(CC(F)F)C1CC1. The fraction of sp³-hybridized carbons (Fsp3) is 0.714. The molecule has 1 aromatic heterocycles. The van der Waals surface area contributed by atoms with Crippen molar-refractivity contribution in [3.63, 3.8) is 0 Å². The van der Waals surface area contributed by atoms with E-state index in [1.165, 1.54) is 4.90 Å². The molecule has 1 aliphatic carbocycles. The maximum absolute atomic E-state index is 12.6. The molecule has 2 fully saturated rings. The van der Waals surface area contributed by atoms with Crippen LogP contribution in [0.2, 0.25) is 0 Å². The average Bonchev–Trinajstić information content (AvgIpc) is 3.21. The summed E-state index contributed by atoms with van der Waals surface area (Å²) >= 11 is 0. The zero-order valence-corrected chi connectivity index (χ0v) is 11.8. The molecule has 1 saturated carbocycles. The van der Waals surface area contributed by atoms with Crippen molar-refractivity contribution in [1.29, 1.82) is 0 Å². The van der Waals surface area contributed by atoms with Gasteiger partial charge in [-0.15, -0.1) is 0 Å². The molecular weight excluding hydrogens is 278 g/mol. The standard InChI is InChI=1S/C14H20F2N4O/c15-13(16)9-19(10-3-4-10)14(21)12-5-7-20(18-12)11-2-1-6-17-8-11/h5,7,10-11,13,17H,1-4,6,8-9H2. The minimum Gasteiger partial charge on any atom is -0.329 e. The minimum absolute atomic E-state index is 0.0343. The number of halogens is 2. The van der Waals surface area contributed by atoms with E-state index in [-0.39, 0.29) is 23.7 Å². The highest BCUT2D eigenvalue weighted by Crippen LogP contribution is 2.28. The summed E-state index contributed by atoms with van der Waals surface area (Å²) in [5.74, 6) is -0.375. The second-order valence-electron chi connectivity index (χ2n) is 5.76. The van der Waals surface area contributed by atoms with Crippen LogP contribution in [-0.4, -0.2) is 52.7 Å². The van der Waals surface area contributed by atoms with Crippen molar-refractivity contribution in [2.24, 2.45) is 0 Å². The van der Waals surface area contributed by atoms with Crippen LogP contribution >= 0.6 is 0 Å². The molecular formula is C14H20F2N4O. The van der Waals surface area contributed by atoms with Gasteiger partial charge in [0, 0.05) is 18.8 Å². The molecule has 0 bridgehead atoms. The lowest BCUT2D eigenvalue weighted by molar-refractivity contribution is 0.0528. The van der Waals surface area contributed by atoms with Crippen molar-refractivity contribution in [2.75, 3.05) is 19.6 Å². The Morgan fingerprint density at radius 1 is 1.48 bits per heavy atom. The van der Waals surface area contributed by atoms with Crippen molar-refractivity contribution in [1.82, 2.24) is 20.0 Å². The van der Waals surface area contributed by atoms with Gasteiger partial charge in [0.2, 0.25) is 0 Å². The zero-order chi connectivity index (χ0) is 14.8. The van der Waals surface area contributed by atoms with Gasteiger partial charge < -0.3 is 10.2 Å². The van der Waals surface area contributed by atoms with E-state index in [0.717, 1.165) is 38.8 Å². The molecule has 3 rings (SSSR count). The van der Waals surface area contributed by atoms with Crippen LogP contribution in [0.4, 0.5) is 8.78 Å². The summed E-state index contributed by atoms with van der Waals surface area (Å²) in [4.78, 5) is 13.6. The lowest BCUT2D eigenvalue weighted by Crippen LogP contribution is -2.37. The van der Waals surface area contributed by atoms with Crippen molar-refractivity contribution in [3.8, 4) is 0 Å². The topological polar surface area (TPSA) is 50.2 Å². The van der Waals surface area contributed by atoms with Crippen LogP contribution in [0.1, 0.15) is 42.2 Å². The van der Waals surface area contributed by atoms with Crippen molar-refractivity contribution < 1.29 is 13.6 Å². The predicted octanol–water partition coefficient (Wildman–Crippen LogP) is 1.68. The number of hydrogen-bond acceptors (Lipinski definition) is 3. The lowest BCUT2D eigenvalue weighted by atomic mass is 10.1. The quantitative estimate of drug-likeness (QED) is 0.900. The fourth-order valence-corrected chi connectivity index (χ4v) is 2.79. The first-order valence-electron chi connectivity index (χ1n) is 7.50. The molecule has 0 radical (unpaired) electrons. The van der Waals surface area contributed by atoms with Crippen LogP contribution in [0.3, 0.4) is 0 Å². The van der Waals surface area contributed by atoms with Gasteiger partial charge in [0.1, 0.15) is 5.69 Å². The summed E-state index contributed by atoms with van der Waals surface area (Å²) in [5.41, 5.74) is 0.271. The van der Waals surface area contributed by atoms with Crippen LogP contribution < -0.4 is 5.32 Å². The van der Waals surface area contributed by atoms with Gasteiger partial charge in [-0.3, -0.25) is 9.48 Å². The Balaban J connectivity index is 1.70. The summed E-state index contributed by atoms with van der Waals surface area (Å²) in [6, 6.07) is 1.84. The molecule has 0 spiro atoms. The molecule has 1 unspecified atom stereocenters. The van der Waals surface area contributed by atoms with E-state index < -0.39 is 13.0 Å². The predicted molar refractivity (Wildman–Crippen MR) is 73.4 cm³/mol. The Morgan fingerprint density at radius 3 is 2.90 bits per heavy atom. The van der Waals surface area contributed by atoms with Gasteiger partial charge in [-0.05, 0) is 38.3 Å². The molecule has 5 nitrogen and oxygen atoms in total. The number of carbonyl (C=O) groups excluding carboxylic acids is 1. The number of amides is 1. The van der Waals surface area contributed by atoms with Gasteiger partial charge in [0.05, 0.1) is 12.6 Å². The van der Waals surface area contributed by atoms with Crippen LogP contribution in [-0.2, 0) is 0 Å². The van der Waals surface area contributed by atoms with Gasteiger partial charge in [0.25, 0.3) is 12.3 Å². The number of nitrogens with zero attached hydrogens (tertiary/aromatic N) is 3. The molecule has 0 aromatic carbocycles. The molecule has 1 atom stereocenters. The summed E-state index contributed by atoms with van der Waals surface area (Å²) in [6.45, 7) is 1.34. The first kappa shape index (κ1) is 14.4. The summed E-state index contributed by atoms with van der Waals surface area (Å²) in [5, 5.41) is 7.61. The van der Waals surface area contributed by atoms with Crippen LogP contribution in [0.25, 0.3) is 0 Å². The normalized spacial score (nSPS) is 22.5. The van der Waals surface area contributed by atoms with E-state index in [2.05, 4.69) is 10.4 Å². The number of carbonyl (C=O) groups is 1. The molecule has 1 N–H and O–H groups in total. The molecule has 1 aliphatic heterocycles. The highest BCUT2D eigenvalue weighted by molar-refractivity contribution is 5.92. The van der Waals surface area contributed by atoms with E-state index in [1.807, 2.05) is 0 Å². The summed E-state index contributed by atoms with van der Waals surface area (Å²) in [7, 11) is 0. The Bertz CT molecular complexity index is 495. The van der Waals surface area contributed by atoms with Crippen LogP contribution in [0, 0.1) is 0 Å². The fourth-order valence-electron chi connectivity index (χ4n) is 2.79. The zero-order valence-electron chi connectivity index (χ0n) is 11.8. The third kappa shape index (κ3) is 3.40. The first-order chi connectivity index (χ1) is 10.1.